The largest absolute Gasteiger partial charge is 0.469 e. The van der Waals surface area contributed by atoms with Gasteiger partial charge in [0.25, 0.3) is 11.6 Å². The van der Waals surface area contributed by atoms with E-state index in [4.69, 9.17) is 23.2 Å². The van der Waals surface area contributed by atoms with Crippen molar-refractivity contribution in [2.75, 3.05) is 7.11 Å². The highest BCUT2D eigenvalue weighted by molar-refractivity contribution is 6.34. The molecule has 0 aliphatic rings. The zero-order valence-electron chi connectivity index (χ0n) is 13.6. The number of nitro benzene ring substituents is 1. The number of ether oxygens (including phenoxy) is 1. The highest BCUT2D eigenvalue weighted by Crippen LogP contribution is 2.27. The van der Waals surface area contributed by atoms with Crippen molar-refractivity contribution in [2.45, 2.75) is 12.5 Å². The summed E-state index contributed by atoms with van der Waals surface area (Å²) in [5.41, 5.74) is 0.152. The van der Waals surface area contributed by atoms with Gasteiger partial charge in [0.2, 0.25) is 0 Å². The number of benzene rings is 2. The highest BCUT2D eigenvalue weighted by Gasteiger charge is 2.24. The molecule has 0 fully saturated rings. The van der Waals surface area contributed by atoms with E-state index in [9.17, 15) is 19.7 Å². The Morgan fingerprint density at radius 3 is 2.50 bits per heavy atom. The number of amides is 1. The molecule has 2 aromatic rings. The van der Waals surface area contributed by atoms with Gasteiger partial charge < -0.3 is 10.1 Å². The lowest BCUT2D eigenvalue weighted by Crippen LogP contribution is -2.31. The van der Waals surface area contributed by atoms with Crippen molar-refractivity contribution in [3.05, 3.63) is 73.8 Å². The smallest absolute Gasteiger partial charge is 0.307 e. The van der Waals surface area contributed by atoms with Crippen molar-refractivity contribution in [3.8, 4) is 0 Å². The minimum atomic E-state index is -0.793. The Balaban J connectivity index is 2.35. The molecule has 0 spiro atoms. The lowest BCUT2D eigenvalue weighted by atomic mass is 10.0. The second kappa shape index (κ2) is 8.64. The molecule has 1 N–H and O–H groups in total. The van der Waals surface area contributed by atoms with Crippen molar-refractivity contribution >= 4 is 40.8 Å². The Hall–Kier alpha value is -2.64. The number of carbonyl (C=O) groups is 2. The van der Waals surface area contributed by atoms with E-state index in [0.29, 0.717) is 10.6 Å². The predicted molar refractivity (Wildman–Crippen MR) is 96.4 cm³/mol. The van der Waals surface area contributed by atoms with E-state index in [-0.39, 0.29) is 22.7 Å². The molecule has 7 nitrogen and oxygen atoms in total. The van der Waals surface area contributed by atoms with E-state index in [2.05, 4.69) is 10.1 Å². The monoisotopic (exact) mass is 396 g/mol. The number of hydrogen-bond donors (Lipinski definition) is 1. The maximum atomic E-state index is 12.6. The van der Waals surface area contributed by atoms with Gasteiger partial charge >= 0.3 is 5.97 Å². The van der Waals surface area contributed by atoms with Crippen molar-refractivity contribution < 1.29 is 19.2 Å². The molecule has 0 heterocycles. The van der Waals surface area contributed by atoms with Crippen LogP contribution < -0.4 is 5.32 Å². The first kappa shape index (κ1) is 19.7. The Kier molecular flexibility index (Phi) is 6.54. The molecule has 9 heteroatoms. The number of nitrogens with zero attached hydrogens (tertiary/aromatic N) is 1. The van der Waals surface area contributed by atoms with Gasteiger partial charge in [-0.3, -0.25) is 19.7 Å². The van der Waals surface area contributed by atoms with Gasteiger partial charge in [0.15, 0.2) is 0 Å². The topological polar surface area (TPSA) is 98.5 Å². The van der Waals surface area contributed by atoms with Crippen LogP contribution in [0.3, 0.4) is 0 Å². The molecular formula is C17H14Cl2N2O5. The van der Waals surface area contributed by atoms with Crippen molar-refractivity contribution in [1.82, 2.24) is 5.32 Å². The molecule has 1 unspecified atom stereocenters. The molecule has 0 radical (unpaired) electrons. The molecule has 1 amide bonds. The number of nitro groups is 1. The lowest BCUT2D eigenvalue weighted by Gasteiger charge is -2.19. The summed E-state index contributed by atoms with van der Waals surface area (Å²) in [7, 11) is 1.23. The first-order chi connectivity index (χ1) is 12.3. The Labute approximate surface area is 159 Å². The number of carbonyl (C=O) groups excluding carboxylic acids is 2. The molecule has 0 aliphatic heterocycles. The molecule has 0 saturated heterocycles. The highest BCUT2D eigenvalue weighted by atomic mass is 35.5. The summed E-state index contributed by atoms with van der Waals surface area (Å²) in [6.07, 6.45) is -0.168. The van der Waals surface area contributed by atoms with Crippen LogP contribution in [-0.4, -0.2) is 23.9 Å². The summed E-state index contributed by atoms with van der Waals surface area (Å²) in [5, 5.41) is 13.9. The van der Waals surface area contributed by atoms with Crippen LogP contribution in [0.25, 0.3) is 0 Å². The number of non-ortho nitro benzene ring substituents is 1. The van der Waals surface area contributed by atoms with Crippen LogP contribution in [0.1, 0.15) is 28.4 Å². The third-order valence-electron chi connectivity index (χ3n) is 3.59. The number of methoxy groups -OCH3 is 1. The first-order valence-corrected chi connectivity index (χ1v) is 8.15. The molecule has 1 atom stereocenters. The van der Waals surface area contributed by atoms with Gasteiger partial charge in [-0.15, -0.1) is 0 Å². The number of esters is 1. The predicted octanol–water partition coefficient (Wildman–Crippen LogP) is 3.94. The number of hydrogen-bond acceptors (Lipinski definition) is 5. The molecule has 0 saturated carbocycles. The fraction of sp³-hybridized carbons (Fsp3) is 0.176. The Morgan fingerprint density at radius 1 is 1.19 bits per heavy atom. The standard InChI is InChI=1S/C17H14Cl2N2O5/c1-26-16(22)9-15(11-4-2-3-5-13(11)18)20-17(23)12-8-10(21(24)25)6-7-14(12)19/h2-8,15H,9H2,1H3,(H,20,23). The fourth-order valence-corrected chi connectivity index (χ4v) is 2.75. The van der Waals surface area contributed by atoms with Gasteiger partial charge in [0.1, 0.15) is 0 Å². The van der Waals surface area contributed by atoms with Gasteiger partial charge in [-0.05, 0) is 17.7 Å². The van der Waals surface area contributed by atoms with E-state index in [1.807, 2.05) is 0 Å². The van der Waals surface area contributed by atoms with Crippen LogP contribution in [0.15, 0.2) is 42.5 Å². The number of nitrogens with one attached hydrogen (secondary N) is 1. The van der Waals surface area contributed by atoms with Crippen LogP contribution in [0.5, 0.6) is 0 Å². The lowest BCUT2D eigenvalue weighted by molar-refractivity contribution is -0.384. The summed E-state index contributed by atoms with van der Waals surface area (Å²) in [5.74, 6) is -1.23. The second-order valence-corrected chi connectivity index (χ2v) is 6.06. The van der Waals surface area contributed by atoms with Crippen LogP contribution in [0.2, 0.25) is 10.0 Å². The fourth-order valence-electron chi connectivity index (χ4n) is 2.28. The van der Waals surface area contributed by atoms with Crippen molar-refractivity contribution in [2.24, 2.45) is 0 Å². The number of halogens is 2. The quantitative estimate of drug-likeness (QED) is 0.452. The molecule has 136 valence electrons. The maximum absolute atomic E-state index is 12.6. The number of rotatable bonds is 6. The van der Waals surface area contributed by atoms with Gasteiger partial charge in [-0.25, -0.2) is 0 Å². The molecular weight excluding hydrogens is 383 g/mol. The average Bonchev–Trinajstić information content (AvgIpc) is 2.61. The van der Waals surface area contributed by atoms with E-state index >= 15 is 0 Å². The van der Waals surface area contributed by atoms with E-state index in [1.54, 1.807) is 24.3 Å². The van der Waals surface area contributed by atoms with E-state index in [0.717, 1.165) is 6.07 Å². The summed E-state index contributed by atoms with van der Waals surface area (Å²) in [6.45, 7) is 0. The summed E-state index contributed by atoms with van der Waals surface area (Å²) >= 11 is 12.1. The third kappa shape index (κ3) is 4.71. The summed E-state index contributed by atoms with van der Waals surface area (Å²) < 4.78 is 4.65. The molecule has 0 bridgehead atoms. The van der Waals surface area contributed by atoms with E-state index in [1.165, 1.54) is 19.2 Å². The van der Waals surface area contributed by atoms with Gasteiger partial charge in [-0.2, -0.15) is 0 Å². The second-order valence-electron chi connectivity index (χ2n) is 5.25. The van der Waals surface area contributed by atoms with Crippen LogP contribution >= 0.6 is 23.2 Å². The summed E-state index contributed by atoms with van der Waals surface area (Å²) in [6, 6.07) is 9.42. The van der Waals surface area contributed by atoms with Gasteiger partial charge in [0, 0.05) is 17.2 Å². The average molecular weight is 397 g/mol. The maximum Gasteiger partial charge on any atom is 0.307 e. The van der Waals surface area contributed by atoms with Gasteiger partial charge in [0.05, 0.1) is 35.1 Å². The van der Waals surface area contributed by atoms with Crippen molar-refractivity contribution in [1.29, 1.82) is 0 Å². The molecule has 2 aromatic carbocycles. The van der Waals surface area contributed by atoms with Gasteiger partial charge in [-0.1, -0.05) is 41.4 Å². The Morgan fingerprint density at radius 2 is 1.88 bits per heavy atom. The zero-order chi connectivity index (χ0) is 19.3. The molecule has 2 rings (SSSR count). The Bertz CT molecular complexity index is 857. The van der Waals surface area contributed by atoms with Crippen LogP contribution in [-0.2, 0) is 9.53 Å². The minimum absolute atomic E-state index is 0.0454. The molecule has 0 aliphatic carbocycles. The SMILES string of the molecule is COC(=O)CC(NC(=O)c1cc([N+](=O)[O-])ccc1Cl)c1ccccc1Cl. The van der Waals surface area contributed by atoms with Crippen molar-refractivity contribution in [3.63, 3.8) is 0 Å². The molecule has 26 heavy (non-hydrogen) atoms. The molecule has 0 aromatic heterocycles. The third-order valence-corrected chi connectivity index (χ3v) is 4.26. The van der Waals surface area contributed by atoms with Crippen LogP contribution in [0.4, 0.5) is 5.69 Å². The summed E-state index contributed by atoms with van der Waals surface area (Å²) in [4.78, 5) is 34.6. The zero-order valence-corrected chi connectivity index (χ0v) is 15.1. The van der Waals surface area contributed by atoms with Crippen LogP contribution in [0, 0.1) is 10.1 Å². The van der Waals surface area contributed by atoms with E-state index < -0.39 is 22.8 Å². The minimum Gasteiger partial charge on any atom is -0.469 e. The normalized spacial score (nSPS) is 11.5. The first-order valence-electron chi connectivity index (χ1n) is 7.39.